The van der Waals surface area contributed by atoms with Gasteiger partial charge in [-0.15, -0.1) is 0 Å². The third kappa shape index (κ3) is 5.83. The highest BCUT2D eigenvalue weighted by molar-refractivity contribution is 6.31. The number of carbonyl (C=O) groups excluding carboxylic acids is 1. The molecule has 0 aromatic heterocycles. The van der Waals surface area contributed by atoms with Crippen LogP contribution in [0.15, 0.2) is 36.4 Å². The summed E-state index contributed by atoms with van der Waals surface area (Å²) in [5.41, 5.74) is -1.95. The number of likely N-dealkylation sites (tertiary alicyclic amines) is 1. The number of carbonyl (C=O) groups is 2. The standard InChI is InChI=1S/C30H33Cl2F2N3O3/c1-29(2,3)15-23-30(16-35,20-8-7-18(31)14-22(20)33)25(19-5-4-6-21(32)26(19)34)27(36-23)28(40)37-11-9-17(10-12-37)13-24(38)39/h4-8,14,17,23,25,27,36H,9-13,15H2,1-3H3,(H,38,39). The third-order valence-electron chi connectivity index (χ3n) is 8.10. The molecule has 4 atom stereocenters. The van der Waals surface area contributed by atoms with Crippen LogP contribution in [0.5, 0.6) is 0 Å². The van der Waals surface area contributed by atoms with Crippen molar-refractivity contribution in [2.24, 2.45) is 11.3 Å². The fraction of sp³-hybridized carbons (Fsp3) is 0.500. The Bertz CT molecular complexity index is 1330. The van der Waals surface area contributed by atoms with E-state index in [1.807, 2.05) is 20.8 Å². The van der Waals surface area contributed by atoms with E-state index in [4.69, 9.17) is 23.2 Å². The van der Waals surface area contributed by atoms with Crippen LogP contribution in [0.2, 0.25) is 10.0 Å². The van der Waals surface area contributed by atoms with E-state index in [9.17, 15) is 20.0 Å². The summed E-state index contributed by atoms with van der Waals surface area (Å²) >= 11 is 12.3. The van der Waals surface area contributed by atoms with Crippen LogP contribution in [-0.2, 0) is 15.0 Å². The normalized spacial score (nSPS) is 25.6. The SMILES string of the molecule is CC(C)(C)CC1NC(C(=O)N2CCC(CC(=O)O)CC2)C(c2cccc(Cl)c2F)C1(C#N)c1ccc(Cl)cc1F. The van der Waals surface area contributed by atoms with Gasteiger partial charge in [0.25, 0.3) is 0 Å². The molecule has 2 aromatic rings. The maximum Gasteiger partial charge on any atom is 0.303 e. The fourth-order valence-electron chi connectivity index (χ4n) is 6.34. The largest absolute Gasteiger partial charge is 0.481 e. The highest BCUT2D eigenvalue weighted by Gasteiger charge is 2.61. The molecule has 0 bridgehead atoms. The first kappa shape index (κ1) is 30.2. The number of piperidine rings is 1. The molecule has 1 amide bonds. The monoisotopic (exact) mass is 591 g/mol. The minimum atomic E-state index is -1.69. The second-order valence-electron chi connectivity index (χ2n) is 12.1. The van der Waals surface area contributed by atoms with E-state index >= 15 is 8.78 Å². The van der Waals surface area contributed by atoms with Gasteiger partial charge in [0.1, 0.15) is 17.0 Å². The van der Waals surface area contributed by atoms with Gasteiger partial charge in [-0.25, -0.2) is 8.78 Å². The molecule has 0 aliphatic carbocycles. The number of hydrogen-bond donors (Lipinski definition) is 2. The zero-order valence-electron chi connectivity index (χ0n) is 22.7. The quantitative estimate of drug-likeness (QED) is 0.411. The number of nitrogens with one attached hydrogen (secondary N) is 1. The zero-order chi connectivity index (χ0) is 29.4. The Hall–Kier alpha value is -2.73. The van der Waals surface area contributed by atoms with Gasteiger partial charge in [0.15, 0.2) is 0 Å². The number of benzene rings is 2. The highest BCUT2D eigenvalue weighted by atomic mass is 35.5. The van der Waals surface area contributed by atoms with Crippen molar-refractivity contribution in [3.63, 3.8) is 0 Å². The van der Waals surface area contributed by atoms with Crippen molar-refractivity contribution >= 4 is 35.1 Å². The van der Waals surface area contributed by atoms with Crippen molar-refractivity contribution in [2.45, 2.75) is 69.9 Å². The van der Waals surface area contributed by atoms with Crippen molar-refractivity contribution < 1.29 is 23.5 Å². The summed E-state index contributed by atoms with van der Waals surface area (Å²) < 4.78 is 31.5. The summed E-state index contributed by atoms with van der Waals surface area (Å²) in [4.78, 5) is 27.0. The van der Waals surface area contributed by atoms with Gasteiger partial charge in [-0.1, -0.05) is 62.2 Å². The Morgan fingerprint density at radius 3 is 2.42 bits per heavy atom. The van der Waals surface area contributed by atoms with Crippen molar-refractivity contribution in [3.05, 3.63) is 69.2 Å². The number of rotatable bonds is 6. The lowest BCUT2D eigenvalue weighted by Crippen LogP contribution is -2.50. The number of carboxylic acid groups (broad SMARTS) is 1. The summed E-state index contributed by atoms with van der Waals surface area (Å²) in [5.74, 6) is -3.88. The number of aliphatic carboxylic acids is 1. The van der Waals surface area contributed by atoms with Crippen LogP contribution < -0.4 is 5.32 Å². The van der Waals surface area contributed by atoms with Crippen LogP contribution >= 0.6 is 23.2 Å². The predicted octanol–water partition coefficient (Wildman–Crippen LogP) is 6.31. The van der Waals surface area contributed by atoms with Crippen LogP contribution in [0.4, 0.5) is 8.78 Å². The van der Waals surface area contributed by atoms with Gasteiger partial charge >= 0.3 is 5.97 Å². The average Bonchev–Trinajstić information content (AvgIpc) is 3.18. The Kier molecular flexibility index (Phi) is 8.79. The molecule has 0 saturated carbocycles. The molecule has 4 rings (SSSR count). The molecule has 0 spiro atoms. The summed E-state index contributed by atoms with van der Waals surface area (Å²) in [6.07, 6.45) is 1.44. The van der Waals surface area contributed by atoms with E-state index in [1.165, 1.54) is 24.3 Å². The molecule has 6 nitrogen and oxygen atoms in total. The molecule has 0 radical (unpaired) electrons. The molecule has 4 unspecified atom stereocenters. The molecular weight excluding hydrogens is 559 g/mol. The van der Waals surface area contributed by atoms with E-state index in [0.717, 1.165) is 6.07 Å². The zero-order valence-corrected chi connectivity index (χ0v) is 24.2. The number of carboxylic acids is 1. The Morgan fingerprint density at radius 1 is 1.18 bits per heavy atom. The molecule has 2 N–H and O–H groups in total. The van der Waals surface area contributed by atoms with Gasteiger partial charge in [0.05, 0.1) is 17.1 Å². The molecule has 2 aliphatic heterocycles. The smallest absolute Gasteiger partial charge is 0.303 e. The molecule has 2 fully saturated rings. The Balaban J connectivity index is 1.87. The van der Waals surface area contributed by atoms with Gasteiger partial charge in [-0.2, -0.15) is 5.26 Å². The first-order chi connectivity index (χ1) is 18.8. The highest BCUT2D eigenvalue weighted by Crippen LogP contribution is 2.53. The van der Waals surface area contributed by atoms with Crippen molar-refractivity contribution in [1.82, 2.24) is 10.2 Å². The molecule has 2 aromatic carbocycles. The van der Waals surface area contributed by atoms with Crippen molar-refractivity contribution in [1.29, 1.82) is 5.26 Å². The van der Waals surface area contributed by atoms with E-state index in [-0.39, 0.29) is 44.8 Å². The summed E-state index contributed by atoms with van der Waals surface area (Å²) in [6, 6.07) is 9.04. The number of nitriles is 1. The lowest BCUT2D eigenvalue weighted by molar-refractivity contribution is -0.139. The second-order valence-corrected chi connectivity index (χ2v) is 12.9. The maximum atomic E-state index is 15.8. The molecule has 10 heteroatoms. The molecule has 2 saturated heterocycles. The van der Waals surface area contributed by atoms with Gasteiger partial charge in [0, 0.05) is 42.1 Å². The second kappa shape index (κ2) is 11.6. The summed E-state index contributed by atoms with van der Waals surface area (Å²) in [5, 5.41) is 23.4. The molecule has 2 aliphatic rings. The number of amides is 1. The van der Waals surface area contributed by atoms with Gasteiger partial charge in [-0.05, 0) is 54.4 Å². The van der Waals surface area contributed by atoms with Gasteiger partial charge < -0.3 is 15.3 Å². The minimum absolute atomic E-state index is 0.0287. The van der Waals surface area contributed by atoms with Crippen LogP contribution in [0.1, 0.15) is 63.5 Å². The first-order valence-corrected chi connectivity index (χ1v) is 14.1. The first-order valence-electron chi connectivity index (χ1n) is 13.4. The lowest BCUT2D eigenvalue weighted by atomic mass is 9.62. The maximum absolute atomic E-state index is 15.8. The van der Waals surface area contributed by atoms with Gasteiger partial charge in [0.2, 0.25) is 5.91 Å². The number of hydrogen-bond acceptors (Lipinski definition) is 4. The molecular formula is C30H33Cl2F2N3O3. The predicted molar refractivity (Wildman–Crippen MR) is 149 cm³/mol. The van der Waals surface area contributed by atoms with E-state index in [1.54, 1.807) is 11.0 Å². The Morgan fingerprint density at radius 2 is 1.85 bits per heavy atom. The minimum Gasteiger partial charge on any atom is -0.481 e. The van der Waals surface area contributed by atoms with Crippen LogP contribution in [0, 0.1) is 34.3 Å². The summed E-state index contributed by atoms with van der Waals surface area (Å²) in [7, 11) is 0. The van der Waals surface area contributed by atoms with Crippen molar-refractivity contribution in [2.75, 3.05) is 13.1 Å². The molecule has 214 valence electrons. The van der Waals surface area contributed by atoms with Gasteiger partial charge in [-0.3, -0.25) is 9.59 Å². The van der Waals surface area contributed by atoms with Crippen LogP contribution in [-0.4, -0.2) is 47.1 Å². The van der Waals surface area contributed by atoms with Crippen LogP contribution in [0.25, 0.3) is 0 Å². The molecule has 2 heterocycles. The molecule has 40 heavy (non-hydrogen) atoms. The van der Waals surface area contributed by atoms with E-state index in [2.05, 4.69) is 11.4 Å². The number of halogens is 4. The van der Waals surface area contributed by atoms with E-state index < -0.39 is 41.0 Å². The topological polar surface area (TPSA) is 93.4 Å². The average molecular weight is 593 g/mol. The van der Waals surface area contributed by atoms with E-state index in [0.29, 0.717) is 32.4 Å². The van der Waals surface area contributed by atoms with Crippen LogP contribution in [0.3, 0.4) is 0 Å². The summed E-state index contributed by atoms with van der Waals surface area (Å²) in [6.45, 7) is 6.60. The lowest BCUT2D eigenvalue weighted by Gasteiger charge is -2.38. The third-order valence-corrected chi connectivity index (χ3v) is 8.63. The fourth-order valence-corrected chi connectivity index (χ4v) is 6.69. The number of nitrogens with zero attached hydrogens (tertiary/aromatic N) is 2. The van der Waals surface area contributed by atoms with Crippen molar-refractivity contribution in [3.8, 4) is 6.07 Å². The Labute approximate surface area is 243 Å².